The fraction of sp³-hybridized carbons (Fsp3) is 0.231. The number of amides is 1. The zero-order chi connectivity index (χ0) is 24.4. The van der Waals surface area contributed by atoms with E-state index in [-0.39, 0.29) is 22.5 Å². The average molecular weight is 477 g/mol. The summed E-state index contributed by atoms with van der Waals surface area (Å²) < 4.78 is 39.6. The maximum absolute atomic E-state index is 13.2. The van der Waals surface area contributed by atoms with Gasteiger partial charge in [0.25, 0.3) is 5.91 Å². The van der Waals surface area contributed by atoms with Gasteiger partial charge in [-0.1, -0.05) is 24.3 Å². The SMILES string of the molecule is O=C(Nc1cccc(CN2CCCC2)c1)c1ccc2ncnc(-c3cccc(C(F)(F)F)c3)c2n1. The summed E-state index contributed by atoms with van der Waals surface area (Å²) in [6.45, 7) is 2.98. The summed E-state index contributed by atoms with van der Waals surface area (Å²) in [5, 5.41) is 2.87. The summed E-state index contributed by atoms with van der Waals surface area (Å²) >= 11 is 0. The Bertz CT molecular complexity index is 1380. The molecule has 0 saturated carbocycles. The van der Waals surface area contributed by atoms with Crippen molar-refractivity contribution in [2.24, 2.45) is 0 Å². The molecule has 1 fully saturated rings. The molecule has 0 spiro atoms. The highest BCUT2D eigenvalue weighted by Crippen LogP contribution is 2.33. The number of fused-ring (bicyclic) bond motifs is 1. The maximum atomic E-state index is 13.2. The molecule has 0 atom stereocenters. The fourth-order valence-corrected chi connectivity index (χ4v) is 4.26. The highest BCUT2D eigenvalue weighted by molar-refractivity contribution is 6.04. The van der Waals surface area contributed by atoms with Crippen LogP contribution in [0.5, 0.6) is 0 Å². The van der Waals surface area contributed by atoms with E-state index in [1.807, 2.05) is 24.3 Å². The molecule has 0 unspecified atom stereocenters. The summed E-state index contributed by atoms with van der Waals surface area (Å²) in [4.78, 5) is 28.1. The number of carbonyl (C=O) groups excluding carboxylic acids is 1. The van der Waals surface area contributed by atoms with Crippen molar-refractivity contribution in [1.29, 1.82) is 0 Å². The summed E-state index contributed by atoms with van der Waals surface area (Å²) in [5.41, 5.74) is 2.23. The first kappa shape index (κ1) is 22.9. The third-order valence-electron chi connectivity index (χ3n) is 5.97. The molecule has 2 aromatic heterocycles. The first-order valence-electron chi connectivity index (χ1n) is 11.3. The van der Waals surface area contributed by atoms with Crippen LogP contribution in [-0.4, -0.2) is 38.8 Å². The molecule has 1 N–H and O–H groups in total. The lowest BCUT2D eigenvalue weighted by Gasteiger charge is -2.15. The molecule has 0 aliphatic carbocycles. The van der Waals surface area contributed by atoms with E-state index in [2.05, 4.69) is 25.2 Å². The molecule has 6 nitrogen and oxygen atoms in total. The first-order chi connectivity index (χ1) is 16.9. The van der Waals surface area contributed by atoms with Crippen molar-refractivity contribution in [2.75, 3.05) is 18.4 Å². The minimum absolute atomic E-state index is 0.116. The van der Waals surface area contributed by atoms with E-state index in [0.29, 0.717) is 11.2 Å². The van der Waals surface area contributed by atoms with Gasteiger partial charge in [-0.25, -0.2) is 15.0 Å². The van der Waals surface area contributed by atoms with Crippen molar-refractivity contribution in [3.05, 3.63) is 83.8 Å². The molecule has 9 heteroatoms. The molecule has 35 heavy (non-hydrogen) atoms. The van der Waals surface area contributed by atoms with Crippen LogP contribution in [0.25, 0.3) is 22.3 Å². The Morgan fingerprint density at radius 1 is 0.971 bits per heavy atom. The largest absolute Gasteiger partial charge is 0.416 e. The summed E-state index contributed by atoms with van der Waals surface area (Å²) in [6, 6.07) is 15.7. The number of anilines is 1. The van der Waals surface area contributed by atoms with Crippen LogP contribution in [0.3, 0.4) is 0 Å². The molecular weight excluding hydrogens is 455 g/mol. The predicted molar refractivity (Wildman–Crippen MR) is 127 cm³/mol. The van der Waals surface area contributed by atoms with E-state index in [0.717, 1.165) is 37.3 Å². The number of rotatable bonds is 5. The third kappa shape index (κ3) is 5.14. The zero-order valence-corrected chi connectivity index (χ0v) is 18.7. The zero-order valence-electron chi connectivity index (χ0n) is 18.7. The van der Waals surface area contributed by atoms with Crippen LogP contribution in [0, 0.1) is 0 Å². The summed E-state index contributed by atoms with van der Waals surface area (Å²) in [7, 11) is 0. The molecule has 4 aromatic rings. The summed E-state index contributed by atoms with van der Waals surface area (Å²) in [5.74, 6) is -0.427. The number of hydrogen-bond donors (Lipinski definition) is 1. The second-order valence-electron chi connectivity index (χ2n) is 8.50. The normalized spacial score (nSPS) is 14.4. The lowest BCUT2D eigenvalue weighted by molar-refractivity contribution is -0.137. The van der Waals surface area contributed by atoms with Crippen molar-refractivity contribution in [3.8, 4) is 11.3 Å². The molecular formula is C26H22F3N5O. The first-order valence-corrected chi connectivity index (χ1v) is 11.3. The maximum Gasteiger partial charge on any atom is 0.416 e. The van der Waals surface area contributed by atoms with Gasteiger partial charge < -0.3 is 5.32 Å². The van der Waals surface area contributed by atoms with Crippen molar-refractivity contribution in [2.45, 2.75) is 25.6 Å². The van der Waals surface area contributed by atoms with E-state index in [1.165, 1.54) is 37.4 Å². The Balaban J connectivity index is 1.42. The van der Waals surface area contributed by atoms with Gasteiger partial charge in [-0.2, -0.15) is 13.2 Å². The quantitative estimate of drug-likeness (QED) is 0.408. The molecule has 5 rings (SSSR count). The Morgan fingerprint density at radius 2 is 1.77 bits per heavy atom. The minimum atomic E-state index is -4.49. The lowest BCUT2D eigenvalue weighted by Crippen LogP contribution is -2.18. The van der Waals surface area contributed by atoms with Crippen molar-refractivity contribution in [1.82, 2.24) is 19.9 Å². The van der Waals surface area contributed by atoms with Gasteiger partial charge in [-0.3, -0.25) is 9.69 Å². The number of nitrogens with zero attached hydrogens (tertiary/aromatic N) is 4. The van der Waals surface area contributed by atoms with Crippen molar-refractivity contribution < 1.29 is 18.0 Å². The van der Waals surface area contributed by atoms with Crippen LogP contribution in [0.15, 0.2) is 67.0 Å². The van der Waals surface area contributed by atoms with Crippen LogP contribution < -0.4 is 5.32 Å². The van der Waals surface area contributed by atoms with Crippen LogP contribution >= 0.6 is 0 Å². The molecule has 3 heterocycles. The van der Waals surface area contributed by atoms with Crippen LogP contribution in [-0.2, 0) is 12.7 Å². The van der Waals surface area contributed by atoms with Crippen molar-refractivity contribution in [3.63, 3.8) is 0 Å². The predicted octanol–water partition coefficient (Wildman–Crippen LogP) is 5.56. The van der Waals surface area contributed by atoms with E-state index in [4.69, 9.17) is 0 Å². The smallest absolute Gasteiger partial charge is 0.321 e. The van der Waals surface area contributed by atoms with Gasteiger partial charge in [0.2, 0.25) is 0 Å². The van der Waals surface area contributed by atoms with Gasteiger partial charge in [0.15, 0.2) is 0 Å². The standard InChI is InChI=1S/C26H22F3N5O/c27-26(28,29)19-7-4-6-18(14-19)23-24-21(30-16-31-23)9-10-22(33-24)25(35)32-20-8-3-5-17(13-20)15-34-11-1-2-12-34/h3-10,13-14,16H,1-2,11-12,15H2,(H,32,35). The molecule has 1 aliphatic heterocycles. The molecule has 1 aliphatic rings. The van der Waals surface area contributed by atoms with Gasteiger partial charge in [-0.15, -0.1) is 0 Å². The number of carbonyl (C=O) groups is 1. The number of aromatic nitrogens is 3. The van der Waals surface area contributed by atoms with Crippen LogP contribution in [0.4, 0.5) is 18.9 Å². The number of nitrogens with one attached hydrogen (secondary N) is 1. The molecule has 0 bridgehead atoms. The second-order valence-corrected chi connectivity index (χ2v) is 8.50. The summed E-state index contributed by atoms with van der Waals surface area (Å²) in [6.07, 6.45) is -0.807. The topological polar surface area (TPSA) is 71.0 Å². The van der Waals surface area contributed by atoms with E-state index in [1.54, 1.807) is 6.07 Å². The van der Waals surface area contributed by atoms with Crippen LogP contribution in [0.2, 0.25) is 0 Å². The Morgan fingerprint density at radius 3 is 2.57 bits per heavy atom. The minimum Gasteiger partial charge on any atom is -0.321 e. The number of halogens is 3. The van der Waals surface area contributed by atoms with Crippen LogP contribution in [0.1, 0.15) is 34.5 Å². The number of benzene rings is 2. The molecule has 0 radical (unpaired) electrons. The van der Waals surface area contributed by atoms with E-state index >= 15 is 0 Å². The molecule has 1 amide bonds. The Labute approximate surface area is 199 Å². The Kier molecular flexibility index (Phi) is 6.17. The second kappa shape index (κ2) is 9.42. The van der Waals surface area contributed by atoms with Gasteiger partial charge in [0.1, 0.15) is 17.5 Å². The van der Waals surface area contributed by atoms with Gasteiger partial charge >= 0.3 is 6.18 Å². The van der Waals surface area contributed by atoms with Crippen molar-refractivity contribution >= 4 is 22.6 Å². The fourth-order valence-electron chi connectivity index (χ4n) is 4.26. The highest BCUT2D eigenvalue weighted by atomic mass is 19.4. The number of hydrogen-bond acceptors (Lipinski definition) is 5. The number of likely N-dealkylation sites (tertiary alicyclic amines) is 1. The average Bonchev–Trinajstić information content (AvgIpc) is 3.36. The molecule has 1 saturated heterocycles. The third-order valence-corrected chi connectivity index (χ3v) is 5.97. The van der Waals surface area contributed by atoms with Gasteiger partial charge in [-0.05, 0) is 67.9 Å². The lowest BCUT2D eigenvalue weighted by atomic mass is 10.1. The van der Waals surface area contributed by atoms with E-state index in [9.17, 15) is 18.0 Å². The number of pyridine rings is 1. The van der Waals surface area contributed by atoms with Gasteiger partial charge in [0, 0.05) is 17.8 Å². The monoisotopic (exact) mass is 477 g/mol. The molecule has 178 valence electrons. The Hall–Kier alpha value is -3.85. The number of alkyl halides is 3. The van der Waals surface area contributed by atoms with Gasteiger partial charge in [0.05, 0.1) is 16.8 Å². The highest BCUT2D eigenvalue weighted by Gasteiger charge is 2.30. The van der Waals surface area contributed by atoms with E-state index < -0.39 is 17.6 Å². The molecule has 2 aromatic carbocycles.